The predicted octanol–water partition coefficient (Wildman–Crippen LogP) is 2.63. The molecule has 2 aromatic rings. The minimum absolute atomic E-state index is 0.231. The lowest BCUT2D eigenvalue weighted by atomic mass is 9.89. The molecule has 132 valence electrons. The number of aryl methyl sites for hydroxylation is 1. The molecule has 0 unspecified atom stereocenters. The summed E-state index contributed by atoms with van der Waals surface area (Å²) in [6.07, 6.45) is 0. The highest BCUT2D eigenvalue weighted by Gasteiger charge is 2.28. The van der Waals surface area contributed by atoms with E-state index in [0.717, 1.165) is 28.1 Å². The molecule has 0 spiro atoms. The number of carbonyl (C=O) groups is 1. The number of nitrogens with zero attached hydrogens (tertiary/aromatic N) is 1. The van der Waals surface area contributed by atoms with Crippen LogP contribution in [-0.4, -0.2) is 30.7 Å². The van der Waals surface area contributed by atoms with Crippen LogP contribution in [0.25, 0.3) is 11.1 Å². The Morgan fingerprint density at radius 2 is 2.16 bits per heavy atom. The number of pyridine rings is 1. The molecule has 1 aliphatic heterocycles. The summed E-state index contributed by atoms with van der Waals surface area (Å²) in [5.74, 6) is -0.366. The van der Waals surface area contributed by atoms with Crippen LogP contribution >= 0.6 is 0 Å². The first kappa shape index (κ1) is 17.4. The van der Waals surface area contributed by atoms with Gasteiger partial charge in [-0.1, -0.05) is 18.2 Å². The van der Waals surface area contributed by atoms with E-state index in [0.29, 0.717) is 37.6 Å². The molecule has 0 saturated heterocycles. The van der Waals surface area contributed by atoms with E-state index < -0.39 is 0 Å². The zero-order chi connectivity index (χ0) is 17.8. The van der Waals surface area contributed by atoms with Gasteiger partial charge in [-0.3, -0.25) is 4.98 Å². The SMILES string of the molecule is CCOC(=O)c1c(COCCN)nc(C)c2c1-c1ccccc1NC2. The average Bonchev–Trinajstić information content (AvgIpc) is 2.62. The number of hydrogen-bond donors (Lipinski definition) is 2. The molecule has 2 heterocycles. The van der Waals surface area contributed by atoms with Crippen molar-refractivity contribution in [2.45, 2.75) is 27.0 Å². The molecule has 0 aliphatic carbocycles. The summed E-state index contributed by atoms with van der Waals surface area (Å²) in [7, 11) is 0. The number of rotatable bonds is 6. The third-order valence-electron chi connectivity index (χ3n) is 4.21. The number of ether oxygens (including phenoxy) is 2. The first-order valence-corrected chi connectivity index (χ1v) is 8.47. The standard InChI is InChI=1S/C19H23N3O3/c1-3-25-19(23)18-16(11-24-9-8-20)22-12(2)14-10-21-15-7-5-4-6-13(15)17(14)18/h4-7,21H,3,8-11,20H2,1-2H3. The third-order valence-corrected chi connectivity index (χ3v) is 4.21. The van der Waals surface area contributed by atoms with Crippen LogP contribution < -0.4 is 11.1 Å². The molecule has 0 bridgehead atoms. The van der Waals surface area contributed by atoms with Crippen LogP contribution in [0.2, 0.25) is 0 Å². The van der Waals surface area contributed by atoms with E-state index in [9.17, 15) is 4.79 Å². The highest BCUT2D eigenvalue weighted by atomic mass is 16.5. The normalized spacial score (nSPS) is 12.1. The van der Waals surface area contributed by atoms with Gasteiger partial charge >= 0.3 is 5.97 Å². The first-order valence-electron chi connectivity index (χ1n) is 8.47. The Labute approximate surface area is 147 Å². The van der Waals surface area contributed by atoms with Gasteiger partial charge in [0.05, 0.1) is 31.1 Å². The molecule has 6 nitrogen and oxygen atoms in total. The number of anilines is 1. The van der Waals surface area contributed by atoms with Gasteiger partial charge in [0.2, 0.25) is 0 Å². The topological polar surface area (TPSA) is 86.5 Å². The lowest BCUT2D eigenvalue weighted by molar-refractivity contribution is 0.0518. The molecular weight excluding hydrogens is 318 g/mol. The predicted molar refractivity (Wildman–Crippen MR) is 96.4 cm³/mol. The molecule has 1 aromatic carbocycles. The second kappa shape index (κ2) is 7.63. The third kappa shape index (κ3) is 3.36. The quantitative estimate of drug-likeness (QED) is 0.620. The van der Waals surface area contributed by atoms with E-state index in [1.54, 1.807) is 6.92 Å². The fourth-order valence-corrected chi connectivity index (χ4v) is 3.13. The lowest BCUT2D eigenvalue weighted by Gasteiger charge is -2.26. The number of esters is 1. The van der Waals surface area contributed by atoms with Gasteiger partial charge in [-0.15, -0.1) is 0 Å². The van der Waals surface area contributed by atoms with Crippen molar-refractivity contribution in [3.63, 3.8) is 0 Å². The Bertz CT molecular complexity index is 790. The molecular formula is C19H23N3O3. The van der Waals surface area contributed by atoms with Crippen molar-refractivity contribution >= 4 is 11.7 Å². The minimum Gasteiger partial charge on any atom is -0.462 e. The number of benzene rings is 1. The van der Waals surface area contributed by atoms with Gasteiger partial charge in [-0.2, -0.15) is 0 Å². The largest absolute Gasteiger partial charge is 0.462 e. The summed E-state index contributed by atoms with van der Waals surface area (Å²) >= 11 is 0. The number of hydrogen-bond acceptors (Lipinski definition) is 6. The smallest absolute Gasteiger partial charge is 0.340 e. The van der Waals surface area contributed by atoms with Gasteiger partial charge < -0.3 is 20.5 Å². The highest BCUT2D eigenvalue weighted by molar-refractivity contribution is 6.02. The minimum atomic E-state index is -0.366. The van der Waals surface area contributed by atoms with Crippen LogP contribution in [0.15, 0.2) is 24.3 Å². The van der Waals surface area contributed by atoms with Crippen molar-refractivity contribution in [2.24, 2.45) is 5.73 Å². The van der Waals surface area contributed by atoms with Crippen LogP contribution in [0.1, 0.15) is 34.2 Å². The maximum absolute atomic E-state index is 12.7. The summed E-state index contributed by atoms with van der Waals surface area (Å²) < 4.78 is 10.9. The maximum Gasteiger partial charge on any atom is 0.340 e. The van der Waals surface area contributed by atoms with Gasteiger partial charge in [0.1, 0.15) is 0 Å². The summed E-state index contributed by atoms with van der Waals surface area (Å²) in [4.78, 5) is 17.4. The van der Waals surface area contributed by atoms with Crippen molar-refractivity contribution in [3.8, 4) is 11.1 Å². The molecule has 25 heavy (non-hydrogen) atoms. The first-order chi connectivity index (χ1) is 12.2. The molecule has 3 N–H and O–H groups in total. The molecule has 1 aromatic heterocycles. The van der Waals surface area contributed by atoms with Crippen molar-refractivity contribution in [1.82, 2.24) is 4.98 Å². The van der Waals surface area contributed by atoms with Crippen LogP contribution in [0.4, 0.5) is 5.69 Å². The Morgan fingerprint density at radius 1 is 1.36 bits per heavy atom. The van der Waals surface area contributed by atoms with Crippen molar-refractivity contribution in [1.29, 1.82) is 0 Å². The molecule has 0 fully saturated rings. The van der Waals surface area contributed by atoms with Gasteiger partial charge in [0.15, 0.2) is 0 Å². The number of para-hydroxylation sites is 1. The zero-order valence-electron chi connectivity index (χ0n) is 14.6. The summed E-state index contributed by atoms with van der Waals surface area (Å²) in [5.41, 5.74) is 11.4. The number of aromatic nitrogens is 1. The van der Waals surface area contributed by atoms with E-state index >= 15 is 0 Å². The number of fused-ring (bicyclic) bond motifs is 3. The van der Waals surface area contributed by atoms with Crippen molar-refractivity contribution in [2.75, 3.05) is 25.1 Å². The molecule has 1 aliphatic rings. The summed E-state index contributed by atoms with van der Waals surface area (Å²) in [6, 6.07) is 7.95. The second-order valence-corrected chi connectivity index (χ2v) is 5.83. The number of carbonyl (C=O) groups excluding carboxylic acids is 1. The van der Waals surface area contributed by atoms with E-state index in [1.807, 2.05) is 31.2 Å². The van der Waals surface area contributed by atoms with Crippen molar-refractivity contribution in [3.05, 3.63) is 46.8 Å². The lowest BCUT2D eigenvalue weighted by Crippen LogP contribution is -2.20. The maximum atomic E-state index is 12.7. The van der Waals surface area contributed by atoms with Gasteiger partial charge in [0, 0.05) is 41.2 Å². The Morgan fingerprint density at radius 3 is 2.92 bits per heavy atom. The van der Waals surface area contributed by atoms with E-state index in [2.05, 4.69) is 10.3 Å². The molecule has 0 amide bonds. The monoisotopic (exact) mass is 341 g/mol. The summed E-state index contributed by atoms with van der Waals surface area (Å²) in [6.45, 7) is 5.76. The zero-order valence-corrected chi connectivity index (χ0v) is 14.6. The van der Waals surface area contributed by atoms with Crippen LogP contribution in [0.5, 0.6) is 0 Å². The van der Waals surface area contributed by atoms with E-state index in [4.69, 9.17) is 15.2 Å². The number of nitrogens with two attached hydrogens (primary N) is 1. The highest BCUT2D eigenvalue weighted by Crippen LogP contribution is 2.40. The van der Waals surface area contributed by atoms with Crippen LogP contribution in [0.3, 0.4) is 0 Å². The fourth-order valence-electron chi connectivity index (χ4n) is 3.13. The van der Waals surface area contributed by atoms with E-state index in [-0.39, 0.29) is 12.6 Å². The molecule has 6 heteroatoms. The molecule has 0 atom stereocenters. The number of nitrogens with one attached hydrogen (secondary N) is 1. The fraction of sp³-hybridized carbons (Fsp3) is 0.368. The van der Waals surface area contributed by atoms with Crippen LogP contribution in [-0.2, 0) is 22.6 Å². The second-order valence-electron chi connectivity index (χ2n) is 5.83. The van der Waals surface area contributed by atoms with E-state index in [1.165, 1.54) is 0 Å². The summed E-state index contributed by atoms with van der Waals surface area (Å²) in [5, 5.41) is 3.39. The Balaban J connectivity index is 2.19. The Kier molecular flexibility index (Phi) is 5.31. The van der Waals surface area contributed by atoms with Gasteiger partial charge in [-0.25, -0.2) is 4.79 Å². The molecule has 0 radical (unpaired) electrons. The molecule has 0 saturated carbocycles. The van der Waals surface area contributed by atoms with Gasteiger partial charge in [0.25, 0.3) is 0 Å². The molecule has 3 rings (SSSR count). The average molecular weight is 341 g/mol. The van der Waals surface area contributed by atoms with Gasteiger partial charge in [-0.05, 0) is 19.9 Å². The van der Waals surface area contributed by atoms with Crippen molar-refractivity contribution < 1.29 is 14.3 Å². The Hall–Kier alpha value is -2.44. The van der Waals surface area contributed by atoms with Crippen LogP contribution in [0, 0.1) is 6.92 Å².